The Labute approximate surface area is 125 Å². The van der Waals surface area contributed by atoms with Gasteiger partial charge in [-0.05, 0) is 31.9 Å². The zero-order valence-corrected chi connectivity index (χ0v) is 12.5. The Morgan fingerprint density at radius 3 is 2.62 bits per heavy atom. The van der Waals surface area contributed by atoms with Crippen LogP contribution in [0.2, 0.25) is 0 Å². The molecule has 112 valence electrons. The second kappa shape index (κ2) is 5.88. The van der Waals surface area contributed by atoms with Gasteiger partial charge in [-0.2, -0.15) is 0 Å². The highest BCUT2D eigenvalue weighted by Gasteiger charge is 2.24. The predicted octanol–water partition coefficient (Wildman–Crippen LogP) is 4.34. The lowest BCUT2D eigenvalue weighted by Crippen LogP contribution is -2.12. The quantitative estimate of drug-likeness (QED) is 0.912. The molecule has 2 N–H and O–H groups in total. The summed E-state index contributed by atoms with van der Waals surface area (Å²) >= 11 is 0. The second-order valence-electron chi connectivity index (χ2n) is 5.76. The molecule has 1 aromatic carbocycles. The molecule has 4 heteroatoms. The maximum atomic E-state index is 14.0. The number of halogens is 1. The van der Waals surface area contributed by atoms with Crippen molar-refractivity contribution in [2.75, 3.05) is 5.73 Å². The minimum atomic E-state index is -0.264. The molecule has 1 heterocycles. The third-order valence-corrected chi connectivity index (χ3v) is 4.45. The summed E-state index contributed by atoms with van der Waals surface area (Å²) in [6, 6.07) is 6.72. The Bertz CT molecular complexity index is 627. The summed E-state index contributed by atoms with van der Waals surface area (Å²) in [4.78, 5) is 4.73. The highest BCUT2D eigenvalue weighted by Crippen LogP contribution is 2.36. The molecule has 0 atom stereocenters. The van der Waals surface area contributed by atoms with Crippen molar-refractivity contribution in [1.29, 1.82) is 0 Å². The number of nitrogens with zero attached hydrogens (tertiary/aromatic N) is 2. The molecule has 0 unspecified atom stereocenters. The molecule has 0 bridgehead atoms. The SMILES string of the molecule is CCn1c(C2CCCCC2)nc(-c2ccccc2F)c1N. The van der Waals surface area contributed by atoms with Crippen LogP contribution in [0.4, 0.5) is 10.2 Å². The standard InChI is InChI=1S/C17H22FN3/c1-2-21-16(19)15(13-10-6-7-11-14(13)18)20-17(21)12-8-4-3-5-9-12/h6-7,10-12H,2-5,8-9,19H2,1H3. The molecule has 0 amide bonds. The fourth-order valence-electron chi connectivity index (χ4n) is 3.34. The highest BCUT2D eigenvalue weighted by molar-refractivity contribution is 5.71. The lowest BCUT2D eigenvalue weighted by Gasteiger charge is -2.21. The van der Waals surface area contributed by atoms with E-state index in [0.29, 0.717) is 23.0 Å². The van der Waals surface area contributed by atoms with Crippen LogP contribution in [0, 0.1) is 5.82 Å². The van der Waals surface area contributed by atoms with Crippen molar-refractivity contribution < 1.29 is 4.39 Å². The molecule has 0 saturated heterocycles. The number of nitrogens with two attached hydrogens (primary N) is 1. The fraction of sp³-hybridized carbons (Fsp3) is 0.471. The van der Waals surface area contributed by atoms with Crippen LogP contribution in [-0.4, -0.2) is 9.55 Å². The first-order chi connectivity index (χ1) is 10.2. The van der Waals surface area contributed by atoms with E-state index in [-0.39, 0.29) is 5.82 Å². The molecule has 3 nitrogen and oxygen atoms in total. The van der Waals surface area contributed by atoms with Crippen molar-refractivity contribution in [2.45, 2.75) is 51.5 Å². The smallest absolute Gasteiger partial charge is 0.132 e. The van der Waals surface area contributed by atoms with Gasteiger partial charge in [0.25, 0.3) is 0 Å². The first kappa shape index (κ1) is 14.1. The Morgan fingerprint density at radius 1 is 1.24 bits per heavy atom. The third-order valence-electron chi connectivity index (χ3n) is 4.45. The van der Waals surface area contributed by atoms with Gasteiger partial charge in [-0.15, -0.1) is 0 Å². The van der Waals surface area contributed by atoms with E-state index in [1.165, 1.54) is 25.3 Å². The fourth-order valence-corrected chi connectivity index (χ4v) is 3.34. The van der Waals surface area contributed by atoms with Crippen molar-refractivity contribution in [2.24, 2.45) is 0 Å². The van der Waals surface area contributed by atoms with E-state index in [0.717, 1.165) is 25.2 Å². The van der Waals surface area contributed by atoms with Gasteiger partial charge >= 0.3 is 0 Å². The van der Waals surface area contributed by atoms with Crippen LogP contribution in [0.1, 0.15) is 50.8 Å². The molecule has 0 spiro atoms. The van der Waals surface area contributed by atoms with Gasteiger partial charge < -0.3 is 10.3 Å². The van der Waals surface area contributed by atoms with Crippen molar-refractivity contribution >= 4 is 5.82 Å². The summed E-state index contributed by atoms with van der Waals surface area (Å²) in [7, 11) is 0. The molecular formula is C17H22FN3. The summed E-state index contributed by atoms with van der Waals surface area (Å²) in [5, 5.41) is 0. The topological polar surface area (TPSA) is 43.8 Å². The number of nitrogen functional groups attached to an aromatic ring is 1. The van der Waals surface area contributed by atoms with Gasteiger partial charge in [0.2, 0.25) is 0 Å². The normalized spacial score (nSPS) is 16.3. The van der Waals surface area contributed by atoms with Gasteiger partial charge in [-0.1, -0.05) is 31.4 Å². The molecule has 0 aliphatic heterocycles. The van der Waals surface area contributed by atoms with Crippen molar-refractivity contribution in [3.8, 4) is 11.3 Å². The maximum Gasteiger partial charge on any atom is 0.132 e. The zero-order chi connectivity index (χ0) is 14.8. The first-order valence-corrected chi connectivity index (χ1v) is 7.83. The average molecular weight is 287 g/mol. The molecule has 0 radical (unpaired) electrons. The number of hydrogen-bond acceptors (Lipinski definition) is 2. The van der Waals surface area contributed by atoms with Crippen molar-refractivity contribution in [1.82, 2.24) is 9.55 Å². The van der Waals surface area contributed by atoms with E-state index >= 15 is 0 Å². The molecule has 1 aromatic heterocycles. The summed E-state index contributed by atoms with van der Waals surface area (Å²) in [5.41, 5.74) is 7.35. The first-order valence-electron chi connectivity index (χ1n) is 7.83. The molecule has 1 saturated carbocycles. The summed E-state index contributed by atoms with van der Waals surface area (Å²) in [6.45, 7) is 2.84. The number of rotatable bonds is 3. The second-order valence-corrected chi connectivity index (χ2v) is 5.76. The molecule has 21 heavy (non-hydrogen) atoms. The van der Waals surface area contributed by atoms with Crippen LogP contribution in [0.3, 0.4) is 0 Å². The van der Waals surface area contributed by atoms with Crippen molar-refractivity contribution in [3.05, 3.63) is 35.9 Å². The Kier molecular flexibility index (Phi) is 3.95. The maximum absolute atomic E-state index is 14.0. The average Bonchev–Trinajstić information content (AvgIpc) is 2.85. The summed E-state index contributed by atoms with van der Waals surface area (Å²) < 4.78 is 16.1. The van der Waals surface area contributed by atoms with Gasteiger partial charge in [-0.25, -0.2) is 9.37 Å². The van der Waals surface area contributed by atoms with E-state index in [2.05, 4.69) is 11.5 Å². The largest absolute Gasteiger partial charge is 0.383 e. The van der Waals surface area contributed by atoms with Gasteiger partial charge in [-0.3, -0.25) is 0 Å². The number of benzene rings is 1. The van der Waals surface area contributed by atoms with Crippen LogP contribution in [0.15, 0.2) is 24.3 Å². The monoisotopic (exact) mass is 287 g/mol. The minimum absolute atomic E-state index is 0.264. The molecule has 2 aromatic rings. The van der Waals surface area contributed by atoms with Gasteiger partial charge in [0.1, 0.15) is 23.2 Å². The third kappa shape index (κ3) is 2.55. The van der Waals surface area contributed by atoms with Gasteiger partial charge in [0.15, 0.2) is 0 Å². The number of hydrogen-bond donors (Lipinski definition) is 1. The van der Waals surface area contributed by atoms with Crippen LogP contribution >= 0.6 is 0 Å². The van der Waals surface area contributed by atoms with Crippen LogP contribution in [0.5, 0.6) is 0 Å². The number of anilines is 1. The molecule has 1 fully saturated rings. The Hall–Kier alpha value is -1.84. The summed E-state index contributed by atoms with van der Waals surface area (Å²) in [5.74, 6) is 1.82. The molecule has 3 rings (SSSR count). The van der Waals surface area contributed by atoms with E-state index in [1.54, 1.807) is 12.1 Å². The highest BCUT2D eigenvalue weighted by atomic mass is 19.1. The number of imidazole rings is 1. The van der Waals surface area contributed by atoms with E-state index in [1.807, 2.05) is 6.07 Å². The zero-order valence-electron chi connectivity index (χ0n) is 12.5. The predicted molar refractivity (Wildman–Crippen MR) is 83.5 cm³/mol. The van der Waals surface area contributed by atoms with E-state index < -0.39 is 0 Å². The lowest BCUT2D eigenvalue weighted by molar-refractivity contribution is 0.418. The van der Waals surface area contributed by atoms with E-state index in [9.17, 15) is 4.39 Å². The Morgan fingerprint density at radius 2 is 1.95 bits per heavy atom. The van der Waals surface area contributed by atoms with Crippen LogP contribution in [0.25, 0.3) is 11.3 Å². The minimum Gasteiger partial charge on any atom is -0.383 e. The van der Waals surface area contributed by atoms with Gasteiger partial charge in [0, 0.05) is 18.0 Å². The van der Waals surface area contributed by atoms with E-state index in [4.69, 9.17) is 10.7 Å². The number of aromatic nitrogens is 2. The van der Waals surface area contributed by atoms with Gasteiger partial charge in [0.05, 0.1) is 0 Å². The van der Waals surface area contributed by atoms with Crippen molar-refractivity contribution in [3.63, 3.8) is 0 Å². The molecule has 1 aliphatic rings. The molecular weight excluding hydrogens is 265 g/mol. The summed E-state index contributed by atoms with van der Waals surface area (Å²) in [6.07, 6.45) is 6.12. The van der Waals surface area contributed by atoms with Crippen LogP contribution in [-0.2, 0) is 6.54 Å². The molecule has 1 aliphatic carbocycles. The lowest BCUT2D eigenvalue weighted by atomic mass is 9.88. The Balaban J connectivity index is 2.07. The van der Waals surface area contributed by atoms with Crippen LogP contribution < -0.4 is 5.73 Å².